The zero-order valence-corrected chi connectivity index (χ0v) is 9.31. The van der Waals surface area contributed by atoms with Crippen LogP contribution in [0.15, 0.2) is 30.9 Å². The fourth-order valence-electron chi connectivity index (χ4n) is 1.15. The predicted octanol–water partition coefficient (Wildman–Crippen LogP) is 1.62. The molecule has 1 aromatic rings. The van der Waals surface area contributed by atoms with Gasteiger partial charge in [0, 0.05) is 0 Å². The van der Waals surface area contributed by atoms with E-state index in [0.29, 0.717) is 23.6 Å². The Morgan fingerprint density at radius 1 is 1.59 bits per heavy atom. The van der Waals surface area contributed by atoms with Crippen molar-refractivity contribution in [3.63, 3.8) is 0 Å². The molecule has 0 saturated carbocycles. The van der Waals surface area contributed by atoms with Crippen LogP contribution in [0.5, 0.6) is 5.75 Å². The first kappa shape index (κ1) is 12.7. The lowest BCUT2D eigenvalue weighted by Gasteiger charge is -2.08. The molecule has 1 aromatic carbocycles. The van der Waals surface area contributed by atoms with Crippen LogP contribution in [0.3, 0.4) is 0 Å². The summed E-state index contributed by atoms with van der Waals surface area (Å²) in [4.78, 5) is 11.5. The molecule has 0 aromatic heterocycles. The third-order valence-corrected chi connectivity index (χ3v) is 1.89. The summed E-state index contributed by atoms with van der Waals surface area (Å²) < 4.78 is 10.0. The average Bonchev–Trinajstić information content (AvgIpc) is 2.34. The van der Waals surface area contributed by atoms with Crippen LogP contribution in [0.2, 0.25) is 0 Å². The number of anilines is 1. The lowest BCUT2D eigenvalue weighted by atomic mass is 10.2. The molecular weight excluding hydrogens is 218 g/mol. The first-order valence-corrected chi connectivity index (χ1v) is 4.93. The van der Waals surface area contributed by atoms with Gasteiger partial charge >= 0.3 is 5.97 Å². The Morgan fingerprint density at radius 2 is 2.35 bits per heavy atom. The molecule has 88 valence electrons. The van der Waals surface area contributed by atoms with Crippen LogP contribution in [0.1, 0.15) is 10.4 Å². The molecule has 0 amide bonds. The molecule has 17 heavy (non-hydrogen) atoms. The highest BCUT2D eigenvalue weighted by atomic mass is 16.5. The minimum Gasteiger partial charge on any atom is -0.487 e. The standard InChI is InChI=1S/C13H13NO3/c1-3-7-16-12-6-5-10(9-11(12)14)13(15)17-8-4-2/h2-3,5-6,9H,1,7-8,14H2. The molecule has 0 atom stereocenters. The van der Waals surface area contributed by atoms with Gasteiger partial charge in [0.25, 0.3) is 0 Å². The maximum Gasteiger partial charge on any atom is 0.339 e. The number of rotatable bonds is 5. The van der Waals surface area contributed by atoms with Gasteiger partial charge in [0.05, 0.1) is 11.3 Å². The Bertz CT molecular complexity index is 460. The highest BCUT2D eigenvalue weighted by Crippen LogP contribution is 2.22. The second kappa shape index (κ2) is 6.23. The number of terminal acetylenes is 1. The minimum atomic E-state index is -0.509. The molecule has 0 aliphatic carbocycles. The van der Waals surface area contributed by atoms with Crippen molar-refractivity contribution in [3.05, 3.63) is 36.4 Å². The Balaban J connectivity index is 2.78. The Labute approximate surface area is 100 Å². The number of carbonyl (C=O) groups excluding carboxylic acids is 1. The number of esters is 1. The van der Waals surface area contributed by atoms with Gasteiger partial charge in [-0.2, -0.15) is 0 Å². The summed E-state index contributed by atoms with van der Waals surface area (Å²) in [5.41, 5.74) is 6.42. The summed E-state index contributed by atoms with van der Waals surface area (Å²) in [7, 11) is 0. The number of benzene rings is 1. The van der Waals surface area contributed by atoms with Crippen molar-refractivity contribution in [2.45, 2.75) is 0 Å². The molecule has 0 saturated heterocycles. The molecule has 0 radical (unpaired) electrons. The monoisotopic (exact) mass is 231 g/mol. The largest absolute Gasteiger partial charge is 0.487 e. The van der Waals surface area contributed by atoms with Crippen LogP contribution in [0, 0.1) is 12.3 Å². The van der Waals surface area contributed by atoms with Crippen molar-refractivity contribution in [2.75, 3.05) is 18.9 Å². The normalized spacial score (nSPS) is 9.12. The highest BCUT2D eigenvalue weighted by Gasteiger charge is 2.09. The third-order valence-electron chi connectivity index (χ3n) is 1.89. The van der Waals surface area contributed by atoms with Gasteiger partial charge < -0.3 is 15.2 Å². The molecule has 2 N–H and O–H groups in total. The number of hydrogen-bond acceptors (Lipinski definition) is 4. The zero-order chi connectivity index (χ0) is 12.7. The number of carbonyl (C=O) groups is 1. The van der Waals surface area contributed by atoms with E-state index < -0.39 is 5.97 Å². The fraction of sp³-hybridized carbons (Fsp3) is 0.154. The molecule has 0 fully saturated rings. The molecule has 1 rings (SSSR count). The second-order valence-corrected chi connectivity index (χ2v) is 3.13. The molecule has 0 unspecified atom stereocenters. The van der Waals surface area contributed by atoms with Gasteiger partial charge in [0.1, 0.15) is 12.4 Å². The maximum absolute atomic E-state index is 11.5. The van der Waals surface area contributed by atoms with Crippen LogP contribution in [-0.2, 0) is 4.74 Å². The van der Waals surface area contributed by atoms with E-state index in [4.69, 9.17) is 21.6 Å². The molecule has 4 nitrogen and oxygen atoms in total. The molecule has 0 aliphatic rings. The van der Waals surface area contributed by atoms with Gasteiger partial charge in [0.15, 0.2) is 6.61 Å². The number of nitrogens with two attached hydrogens (primary N) is 1. The molecule has 0 spiro atoms. The fourth-order valence-corrected chi connectivity index (χ4v) is 1.15. The van der Waals surface area contributed by atoms with Crippen LogP contribution in [-0.4, -0.2) is 19.2 Å². The van der Waals surface area contributed by atoms with E-state index in [-0.39, 0.29) is 6.61 Å². The van der Waals surface area contributed by atoms with Crippen molar-refractivity contribution in [1.82, 2.24) is 0 Å². The molecule has 0 heterocycles. The Morgan fingerprint density at radius 3 is 2.94 bits per heavy atom. The summed E-state index contributed by atoms with van der Waals surface area (Å²) in [6, 6.07) is 4.65. The highest BCUT2D eigenvalue weighted by molar-refractivity contribution is 5.91. The van der Waals surface area contributed by atoms with Gasteiger partial charge in [0.2, 0.25) is 0 Å². The van der Waals surface area contributed by atoms with E-state index in [1.165, 1.54) is 6.07 Å². The van der Waals surface area contributed by atoms with Crippen LogP contribution in [0.4, 0.5) is 5.69 Å². The average molecular weight is 231 g/mol. The quantitative estimate of drug-likeness (QED) is 0.362. The predicted molar refractivity (Wildman–Crippen MR) is 65.7 cm³/mol. The van der Waals surface area contributed by atoms with Gasteiger partial charge in [-0.1, -0.05) is 18.6 Å². The minimum absolute atomic E-state index is 0.0620. The third kappa shape index (κ3) is 3.58. The van der Waals surface area contributed by atoms with Crippen LogP contribution >= 0.6 is 0 Å². The molecule has 4 heteroatoms. The van der Waals surface area contributed by atoms with E-state index in [9.17, 15) is 4.79 Å². The zero-order valence-electron chi connectivity index (χ0n) is 9.31. The summed E-state index contributed by atoms with van der Waals surface area (Å²) in [5.74, 6) is 2.20. The smallest absolute Gasteiger partial charge is 0.339 e. The van der Waals surface area contributed by atoms with E-state index in [2.05, 4.69) is 12.5 Å². The van der Waals surface area contributed by atoms with Crippen LogP contribution < -0.4 is 10.5 Å². The summed E-state index contributed by atoms with van der Waals surface area (Å²) in [5, 5.41) is 0. The van der Waals surface area contributed by atoms with Crippen LogP contribution in [0.25, 0.3) is 0 Å². The van der Waals surface area contributed by atoms with Crippen molar-refractivity contribution in [1.29, 1.82) is 0 Å². The Hall–Kier alpha value is -2.41. The lowest BCUT2D eigenvalue weighted by molar-refractivity contribution is 0.0557. The van der Waals surface area contributed by atoms with Gasteiger partial charge in [-0.3, -0.25) is 0 Å². The lowest BCUT2D eigenvalue weighted by Crippen LogP contribution is -2.06. The number of ether oxygens (including phenoxy) is 2. The van der Waals surface area contributed by atoms with Crippen molar-refractivity contribution in [2.24, 2.45) is 0 Å². The molecular formula is C13H13NO3. The molecule has 0 bridgehead atoms. The number of nitrogen functional groups attached to an aromatic ring is 1. The summed E-state index contributed by atoms with van der Waals surface area (Å²) in [6.07, 6.45) is 6.59. The topological polar surface area (TPSA) is 61.5 Å². The number of hydrogen-bond donors (Lipinski definition) is 1. The Kier molecular flexibility index (Phi) is 4.64. The van der Waals surface area contributed by atoms with E-state index >= 15 is 0 Å². The summed E-state index contributed by atoms with van der Waals surface area (Å²) >= 11 is 0. The van der Waals surface area contributed by atoms with Gasteiger partial charge in [-0.15, -0.1) is 6.42 Å². The maximum atomic E-state index is 11.5. The van der Waals surface area contributed by atoms with Crippen molar-refractivity contribution >= 4 is 11.7 Å². The van der Waals surface area contributed by atoms with Gasteiger partial charge in [-0.25, -0.2) is 4.79 Å². The van der Waals surface area contributed by atoms with Crippen molar-refractivity contribution < 1.29 is 14.3 Å². The summed E-state index contributed by atoms with van der Waals surface area (Å²) in [6.45, 7) is 3.82. The van der Waals surface area contributed by atoms with E-state index in [1.807, 2.05) is 0 Å². The molecule has 0 aliphatic heterocycles. The van der Waals surface area contributed by atoms with Gasteiger partial charge in [-0.05, 0) is 18.2 Å². The van der Waals surface area contributed by atoms with E-state index in [1.54, 1.807) is 18.2 Å². The SMILES string of the molecule is C#CCOC(=O)c1ccc(OCC=C)c(N)c1. The first-order valence-electron chi connectivity index (χ1n) is 4.93. The first-order chi connectivity index (χ1) is 8.19. The second-order valence-electron chi connectivity index (χ2n) is 3.13. The van der Waals surface area contributed by atoms with E-state index in [0.717, 1.165) is 0 Å². The van der Waals surface area contributed by atoms with Crippen molar-refractivity contribution in [3.8, 4) is 18.1 Å².